The van der Waals surface area contributed by atoms with Crippen LogP contribution in [0.2, 0.25) is 10.0 Å². The fourth-order valence-electron chi connectivity index (χ4n) is 2.76. The first-order valence-corrected chi connectivity index (χ1v) is 9.20. The highest BCUT2D eigenvalue weighted by molar-refractivity contribution is 6.35. The van der Waals surface area contributed by atoms with Gasteiger partial charge in [-0.1, -0.05) is 47.5 Å². The van der Waals surface area contributed by atoms with E-state index in [-0.39, 0.29) is 5.91 Å². The quantitative estimate of drug-likeness (QED) is 0.615. The monoisotopic (exact) mass is 403 g/mol. The number of halogens is 2. The van der Waals surface area contributed by atoms with Gasteiger partial charge in [0.05, 0.1) is 19.9 Å². The molecular weight excluding hydrogens is 385 g/mol. The SMILES string of the molecule is COc1ccccc1CCC(=O)Nc1ccnn1Cc1c(Cl)cccc1Cl. The van der Waals surface area contributed by atoms with E-state index in [1.807, 2.05) is 24.3 Å². The molecule has 3 rings (SSSR count). The van der Waals surface area contributed by atoms with Gasteiger partial charge in [0, 0.05) is 28.1 Å². The van der Waals surface area contributed by atoms with Gasteiger partial charge in [-0.3, -0.25) is 4.79 Å². The summed E-state index contributed by atoms with van der Waals surface area (Å²) in [4.78, 5) is 12.4. The van der Waals surface area contributed by atoms with E-state index >= 15 is 0 Å². The number of anilines is 1. The van der Waals surface area contributed by atoms with Crippen LogP contribution in [0, 0.1) is 0 Å². The Hall–Kier alpha value is -2.50. The van der Waals surface area contributed by atoms with Crippen LogP contribution < -0.4 is 10.1 Å². The molecule has 1 N–H and O–H groups in total. The summed E-state index contributed by atoms with van der Waals surface area (Å²) < 4.78 is 6.98. The van der Waals surface area contributed by atoms with Crippen molar-refractivity contribution in [3.05, 3.63) is 75.9 Å². The Labute approximate surface area is 167 Å². The number of rotatable bonds is 7. The molecule has 2 aromatic carbocycles. The third-order valence-corrected chi connectivity index (χ3v) is 4.88. The second kappa shape index (κ2) is 8.93. The van der Waals surface area contributed by atoms with Crippen molar-refractivity contribution >= 4 is 34.9 Å². The minimum atomic E-state index is -0.104. The molecule has 5 nitrogen and oxygen atoms in total. The third-order valence-electron chi connectivity index (χ3n) is 4.17. The van der Waals surface area contributed by atoms with Crippen LogP contribution in [0.3, 0.4) is 0 Å². The first kappa shape index (κ1) is 19.3. The van der Waals surface area contributed by atoms with Crippen LogP contribution in [0.15, 0.2) is 54.7 Å². The Morgan fingerprint density at radius 2 is 1.85 bits per heavy atom. The highest BCUT2D eigenvalue weighted by Gasteiger charge is 2.12. The smallest absolute Gasteiger partial charge is 0.225 e. The first-order valence-electron chi connectivity index (χ1n) is 8.45. The Morgan fingerprint density at radius 3 is 2.59 bits per heavy atom. The number of carbonyl (C=O) groups is 1. The summed E-state index contributed by atoms with van der Waals surface area (Å²) in [6.07, 6.45) is 2.54. The minimum Gasteiger partial charge on any atom is -0.496 e. The molecule has 7 heteroatoms. The van der Waals surface area contributed by atoms with Gasteiger partial charge < -0.3 is 10.1 Å². The molecular formula is C20H19Cl2N3O2. The number of nitrogens with zero attached hydrogens (tertiary/aromatic N) is 2. The highest BCUT2D eigenvalue weighted by atomic mass is 35.5. The van der Waals surface area contributed by atoms with Crippen LogP contribution in [0.5, 0.6) is 5.75 Å². The Kier molecular flexibility index (Phi) is 6.37. The fraction of sp³-hybridized carbons (Fsp3) is 0.200. The maximum absolute atomic E-state index is 12.4. The molecule has 0 saturated heterocycles. The number of ether oxygens (including phenoxy) is 1. The number of hydrogen-bond donors (Lipinski definition) is 1. The van der Waals surface area contributed by atoms with Gasteiger partial charge in [0.2, 0.25) is 5.91 Å². The number of para-hydroxylation sites is 1. The molecule has 0 spiro atoms. The van der Waals surface area contributed by atoms with Crippen LogP contribution >= 0.6 is 23.2 Å². The predicted molar refractivity (Wildman–Crippen MR) is 108 cm³/mol. The van der Waals surface area contributed by atoms with E-state index in [1.54, 1.807) is 42.3 Å². The van der Waals surface area contributed by atoms with E-state index < -0.39 is 0 Å². The molecule has 0 atom stereocenters. The van der Waals surface area contributed by atoms with E-state index in [2.05, 4.69) is 10.4 Å². The second-order valence-corrected chi connectivity index (χ2v) is 6.75. The van der Waals surface area contributed by atoms with Gasteiger partial charge in [-0.2, -0.15) is 5.10 Å². The number of nitrogens with one attached hydrogen (secondary N) is 1. The van der Waals surface area contributed by atoms with Gasteiger partial charge in [-0.25, -0.2) is 4.68 Å². The highest BCUT2D eigenvalue weighted by Crippen LogP contribution is 2.26. The van der Waals surface area contributed by atoms with Crippen LogP contribution in [0.4, 0.5) is 5.82 Å². The lowest BCUT2D eigenvalue weighted by molar-refractivity contribution is -0.116. The average Bonchev–Trinajstić information content (AvgIpc) is 3.10. The van der Waals surface area contributed by atoms with Crippen molar-refractivity contribution in [2.45, 2.75) is 19.4 Å². The number of amides is 1. The van der Waals surface area contributed by atoms with Gasteiger partial charge >= 0.3 is 0 Å². The second-order valence-electron chi connectivity index (χ2n) is 5.93. The van der Waals surface area contributed by atoms with Crippen molar-refractivity contribution in [1.82, 2.24) is 9.78 Å². The van der Waals surface area contributed by atoms with Crippen LogP contribution in [-0.4, -0.2) is 22.8 Å². The number of benzene rings is 2. The summed E-state index contributed by atoms with van der Waals surface area (Å²) in [7, 11) is 1.62. The van der Waals surface area contributed by atoms with Gasteiger partial charge in [0.15, 0.2) is 0 Å². The molecule has 0 saturated carbocycles. The maximum Gasteiger partial charge on any atom is 0.225 e. The zero-order valence-electron chi connectivity index (χ0n) is 14.8. The summed E-state index contributed by atoms with van der Waals surface area (Å²) in [6, 6.07) is 14.8. The molecule has 1 amide bonds. The molecule has 3 aromatic rings. The van der Waals surface area contributed by atoms with E-state index in [9.17, 15) is 4.79 Å². The summed E-state index contributed by atoms with van der Waals surface area (Å²) in [5, 5.41) is 8.27. The molecule has 27 heavy (non-hydrogen) atoms. The predicted octanol–water partition coefficient (Wildman–Crippen LogP) is 4.82. The minimum absolute atomic E-state index is 0.104. The average molecular weight is 404 g/mol. The molecule has 0 bridgehead atoms. The van der Waals surface area contributed by atoms with Crippen LogP contribution in [0.25, 0.3) is 0 Å². The number of carbonyl (C=O) groups excluding carboxylic acids is 1. The maximum atomic E-state index is 12.4. The molecule has 0 fully saturated rings. The summed E-state index contributed by atoms with van der Waals surface area (Å²) in [5.41, 5.74) is 1.75. The molecule has 0 aliphatic rings. The zero-order chi connectivity index (χ0) is 19.2. The van der Waals surface area contributed by atoms with E-state index in [0.29, 0.717) is 35.2 Å². The topological polar surface area (TPSA) is 56.1 Å². The Balaban J connectivity index is 1.65. The fourth-order valence-corrected chi connectivity index (χ4v) is 3.28. The van der Waals surface area contributed by atoms with Gasteiger partial charge in [0.25, 0.3) is 0 Å². The van der Waals surface area contributed by atoms with Crippen molar-refractivity contribution in [1.29, 1.82) is 0 Å². The zero-order valence-corrected chi connectivity index (χ0v) is 16.3. The molecule has 0 radical (unpaired) electrons. The molecule has 1 aromatic heterocycles. The Bertz CT molecular complexity index is 920. The molecule has 140 valence electrons. The Morgan fingerprint density at radius 1 is 1.11 bits per heavy atom. The van der Waals surface area contributed by atoms with E-state index in [1.165, 1.54) is 0 Å². The van der Waals surface area contributed by atoms with E-state index in [0.717, 1.165) is 16.9 Å². The van der Waals surface area contributed by atoms with Gasteiger partial charge in [-0.05, 0) is 30.2 Å². The van der Waals surface area contributed by atoms with E-state index in [4.69, 9.17) is 27.9 Å². The summed E-state index contributed by atoms with van der Waals surface area (Å²) >= 11 is 12.5. The standard InChI is InChI=1S/C20H19Cl2N3O2/c1-27-18-8-3-2-5-14(18)9-10-20(26)24-19-11-12-23-25(19)13-15-16(21)6-4-7-17(15)22/h2-8,11-12H,9-10,13H2,1H3,(H,24,26). The number of hydrogen-bond acceptors (Lipinski definition) is 3. The number of aryl methyl sites for hydroxylation is 1. The van der Waals surface area contributed by atoms with Crippen molar-refractivity contribution in [2.75, 3.05) is 12.4 Å². The normalized spacial score (nSPS) is 10.6. The number of aromatic nitrogens is 2. The third kappa shape index (κ3) is 4.81. The molecule has 0 aliphatic heterocycles. The largest absolute Gasteiger partial charge is 0.496 e. The first-order chi connectivity index (χ1) is 13.1. The lowest BCUT2D eigenvalue weighted by atomic mass is 10.1. The van der Waals surface area contributed by atoms with Crippen molar-refractivity contribution in [3.63, 3.8) is 0 Å². The molecule has 0 aliphatic carbocycles. The van der Waals surface area contributed by atoms with Crippen LogP contribution in [-0.2, 0) is 17.8 Å². The summed E-state index contributed by atoms with van der Waals surface area (Å²) in [6.45, 7) is 0.369. The number of methoxy groups -OCH3 is 1. The van der Waals surface area contributed by atoms with Gasteiger partial charge in [-0.15, -0.1) is 0 Å². The molecule has 1 heterocycles. The lowest BCUT2D eigenvalue weighted by Gasteiger charge is -2.12. The van der Waals surface area contributed by atoms with Crippen LogP contribution in [0.1, 0.15) is 17.5 Å². The summed E-state index contributed by atoms with van der Waals surface area (Å²) in [5.74, 6) is 1.27. The molecule has 0 unspecified atom stereocenters. The van der Waals surface area contributed by atoms with Crippen molar-refractivity contribution in [3.8, 4) is 5.75 Å². The lowest BCUT2D eigenvalue weighted by Crippen LogP contribution is -2.16. The van der Waals surface area contributed by atoms with Crippen molar-refractivity contribution in [2.24, 2.45) is 0 Å². The van der Waals surface area contributed by atoms with Crippen molar-refractivity contribution < 1.29 is 9.53 Å². The van der Waals surface area contributed by atoms with Gasteiger partial charge in [0.1, 0.15) is 11.6 Å².